The lowest BCUT2D eigenvalue weighted by atomic mass is 10.1. The average molecular weight is 328 g/mol. The van der Waals surface area contributed by atoms with Crippen molar-refractivity contribution in [3.63, 3.8) is 0 Å². The largest absolute Gasteiger partial charge is 0.340 e. The molecule has 3 aromatic rings. The van der Waals surface area contributed by atoms with Crippen LogP contribution < -0.4 is 0 Å². The summed E-state index contributed by atoms with van der Waals surface area (Å²) in [6.07, 6.45) is 0.953. The summed E-state index contributed by atoms with van der Waals surface area (Å²) < 4.78 is 3.28. The van der Waals surface area contributed by atoms with Crippen molar-refractivity contribution in [1.82, 2.24) is 4.57 Å². The quantitative estimate of drug-likeness (QED) is 0.646. The number of carbonyl (C=O) groups is 1. The van der Waals surface area contributed by atoms with Gasteiger partial charge in [-0.2, -0.15) is 0 Å². The van der Waals surface area contributed by atoms with Gasteiger partial charge in [0.1, 0.15) is 0 Å². The number of hydrogen-bond donors (Lipinski definition) is 0. The summed E-state index contributed by atoms with van der Waals surface area (Å²) in [4.78, 5) is 11.4. The predicted octanol–water partition coefficient (Wildman–Crippen LogP) is 4.57. The van der Waals surface area contributed by atoms with Crippen LogP contribution >= 0.6 is 15.9 Å². The number of aromatic nitrogens is 1. The smallest absolute Gasteiger partial charge is 0.152 e. The van der Waals surface area contributed by atoms with E-state index in [9.17, 15) is 4.79 Å². The molecule has 0 unspecified atom stereocenters. The Morgan fingerprint density at radius 1 is 1.10 bits per heavy atom. The highest BCUT2D eigenvalue weighted by atomic mass is 79.9. The van der Waals surface area contributed by atoms with E-state index >= 15 is 0 Å². The van der Waals surface area contributed by atoms with E-state index < -0.39 is 0 Å². The van der Waals surface area contributed by atoms with Crippen LogP contribution in [0.2, 0.25) is 0 Å². The van der Waals surface area contributed by atoms with Gasteiger partial charge in [-0.15, -0.1) is 0 Å². The average Bonchev–Trinajstić information content (AvgIpc) is 2.74. The molecule has 0 saturated carbocycles. The van der Waals surface area contributed by atoms with Crippen molar-refractivity contribution in [2.75, 3.05) is 0 Å². The molecule has 0 radical (unpaired) electrons. The van der Waals surface area contributed by atoms with Gasteiger partial charge in [0.05, 0.1) is 0 Å². The van der Waals surface area contributed by atoms with Gasteiger partial charge in [0, 0.05) is 33.2 Å². The van der Waals surface area contributed by atoms with Crippen LogP contribution in [0.5, 0.6) is 0 Å². The third-order valence-electron chi connectivity index (χ3n) is 3.68. The first-order valence-electron chi connectivity index (χ1n) is 6.49. The first-order valence-corrected chi connectivity index (χ1v) is 7.28. The molecule has 0 atom stereocenters. The molecular formula is C17H14BrNO. The minimum Gasteiger partial charge on any atom is -0.340 e. The van der Waals surface area contributed by atoms with E-state index in [1.165, 1.54) is 5.56 Å². The van der Waals surface area contributed by atoms with Crippen LogP contribution in [0.4, 0.5) is 0 Å². The molecule has 2 nitrogen and oxygen atoms in total. The number of rotatable bonds is 3. The van der Waals surface area contributed by atoms with Crippen molar-refractivity contribution < 1.29 is 4.79 Å². The molecule has 0 amide bonds. The van der Waals surface area contributed by atoms with E-state index in [1.54, 1.807) is 0 Å². The maximum Gasteiger partial charge on any atom is 0.152 e. The highest BCUT2D eigenvalue weighted by Gasteiger charge is 2.13. The van der Waals surface area contributed by atoms with Crippen molar-refractivity contribution in [2.24, 2.45) is 0 Å². The molecular weight excluding hydrogens is 314 g/mol. The Labute approximate surface area is 126 Å². The standard InChI is InChI=1S/C17H14BrNO/c1-12-15(11-20)14-7-3-5-9-17(14)19(12)10-13-6-2-4-8-16(13)18/h2-9,11H,10H2,1H3. The number of fused-ring (bicyclic) bond motifs is 1. The fraction of sp³-hybridized carbons (Fsp3) is 0.118. The summed E-state index contributed by atoms with van der Waals surface area (Å²) in [6, 6.07) is 16.2. The van der Waals surface area contributed by atoms with Gasteiger partial charge >= 0.3 is 0 Å². The molecule has 3 rings (SSSR count). The zero-order valence-corrected chi connectivity index (χ0v) is 12.7. The van der Waals surface area contributed by atoms with E-state index in [1.807, 2.05) is 43.3 Å². The third kappa shape index (κ3) is 2.08. The lowest BCUT2D eigenvalue weighted by molar-refractivity contribution is 0.112. The van der Waals surface area contributed by atoms with Gasteiger partial charge in [-0.25, -0.2) is 0 Å². The van der Waals surface area contributed by atoms with Crippen LogP contribution in [0, 0.1) is 6.92 Å². The molecule has 3 heteroatoms. The number of halogens is 1. The zero-order valence-electron chi connectivity index (χ0n) is 11.1. The molecule has 0 bridgehead atoms. The Kier molecular flexibility index (Phi) is 3.45. The van der Waals surface area contributed by atoms with Gasteiger partial charge in [0.15, 0.2) is 6.29 Å². The fourth-order valence-electron chi connectivity index (χ4n) is 2.61. The second kappa shape index (κ2) is 5.25. The molecule has 0 aliphatic rings. The fourth-order valence-corrected chi connectivity index (χ4v) is 3.02. The first-order chi connectivity index (χ1) is 9.72. The molecule has 0 aliphatic heterocycles. The third-order valence-corrected chi connectivity index (χ3v) is 4.46. The first kappa shape index (κ1) is 13.1. The van der Waals surface area contributed by atoms with E-state index in [2.05, 4.69) is 32.6 Å². The van der Waals surface area contributed by atoms with Gasteiger partial charge in [0.25, 0.3) is 0 Å². The normalized spacial score (nSPS) is 10.9. The molecule has 0 fully saturated rings. The lowest BCUT2D eigenvalue weighted by Gasteiger charge is -2.10. The molecule has 1 aromatic heterocycles. The van der Waals surface area contributed by atoms with Crippen LogP contribution in [0.25, 0.3) is 10.9 Å². The molecule has 0 saturated heterocycles. The summed E-state index contributed by atoms with van der Waals surface area (Å²) in [5, 5.41) is 1.02. The second-order valence-electron chi connectivity index (χ2n) is 4.81. The molecule has 20 heavy (non-hydrogen) atoms. The van der Waals surface area contributed by atoms with E-state index in [0.29, 0.717) is 0 Å². The van der Waals surface area contributed by atoms with Gasteiger partial charge < -0.3 is 4.57 Å². The zero-order chi connectivity index (χ0) is 14.1. The number of benzene rings is 2. The van der Waals surface area contributed by atoms with Crippen LogP contribution in [0.1, 0.15) is 21.6 Å². The molecule has 0 spiro atoms. The summed E-state index contributed by atoms with van der Waals surface area (Å²) in [7, 11) is 0. The Bertz CT molecular complexity index is 789. The topological polar surface area (TPSA) is 22.0 Å². The number of aldehydes is 1. The van der Waals surface area contributed by atoms with Crippen molar-refractivity contribution in [3.05, 3.63) is 69.8 Å². The van der Waals surface area contributed by atoms with E-state index in [4.69, 9.17) is 0 Å². The summed E-state index contributed by atoms with van der Waals surface area (Å²) in [6.45, 7) is 2.75. The SMILES string of the molecule is Cc1c(C=O)c2ccccc2n1Cc1ccccc1Br. The van der Waals surface area contributed by atoms with Crippen molar-refractivity contribution >= 4 is 33.1 Å². The van der Waals surface area contributed by atoms with E-state index in [0.717, 1.165) is 39.5 Å². The van der Waals surface area contributed by atoms with Gasteiger partial charge in [-0.3, -0.25) is 4.79 Å². The van der Waals surface area contributed by atoms with E-state index in [-0.39, 0.29) is 0 Å². The van der Waals surface area contributed by atoms with Crippen molar-refractivity contribution in [2.45, 2.75) is 13.5 Å². The van der Waals surface area contributed by atoms with Crippen LogP contribution in [0.3, 0.4) is 0 Å². The van der Waals surface area contributed by atoms with Crippen molar-refractivity contribution in [1.29, 1.82) is 0 Å². The number of hydrogen-bond acceptors (Lipinski definition) is 1. The van der Waals surface area contributed by atoms with Crippen LogP contribution in [-0.2, 0) is 6.54 Å². The molecule has 2 aromatic carbocycles. The van der Waals surface area contributed by atoms with Gasteiger partial charge in [-0.1, -0.05) is 52.3 Å². The maximum absolute atomic E-state index is 11.4. The van der Waals surface area contributed by atoms with Crippen molar-refractivity contribution in [3.8, 4) is 0 Å². The monoisotopic (exact) mass is 327 g/mol. The number of nitrogens with zero attached hydrogens (tertiary/aromatic N) is 1. The van der Waals surface area contributed by atoms with Gasteiger partial charge in [-0.05, 0) is 24.6 Å². The van der Waals surface area contributed by atoms with Crippen LogP contribution in [0.15, 0.2) is 53.0 Å². The lowest BCUT2D eigenvalue weighted by Crippen LogP contribution is -2.02. The predicted molar refractivity (Wildman–Crippen MR) is 85.3 cm³/mol. The van der Waals surface area contributed by atoms with Crippen LogP contribution in [-0.4, -0.2) is 10.9 Å². The molecule has 0 aliphatic carbocycles. The summed E-state index contributed by atoms with van der Waals surface area (Å²) in [5.74, 6) is 0. The molecule has 0 N–H and O–H groups in total. The number of carbonyl (C=O) groups excluding carboxylic acids is 1. The minimum absolute atomic E-state index is 0.752. The molecule has 1 heterocycles. The maximum atomic E-state index is 11.4. The highest BCUT2D eigenvalue weighted by molar-refractivity contribution is 9.10. The Hall–Kier alpha value is -1.87. The Balaban J connectivity index is 2.19. The highest BCUT2D eigenvalue weighted by Crippen LogP contribution is 2.27. The number of para-hydroxylation sites is 1. The Morgan fingerprint density at radius 3 is 2.55 bits per heavy atom. The van der Waals surface area contributed by atoms with Gasteiger partial charge in [0.2, 0.25) is 0 Å². The molecule has 100 valence electrons. The minimum atomic E-state index is 0.752. The Morgan fingerprint density at radius 2 is 1.80 bits per heavy atom. The summed E-state index contributed by atoms with van der Waals surface area (Å²) >= 11 is 3.58. The second-order valence-corrected chi connectivity index (χ2v) is 5.67. The summed E-state index contributed by atoms with van der Waals surface area (Å²) in [5.41, 5.74) is 4.10.